The van der Waals surface area contributed by atoms with Gasteiger partial charge in [0, 0.05) is 19.0 Å². The van der Waals surface area contributed by atoms with Gasteiger partial charge in [0.05, 0.1) is 0 Å². The molecule has 1 atom stereocenters. The molecule has 0 aliphatic carbocycles. The van der Waals surface area contributed by atoms with E-state index in [-0.39, 0.29) is 18.4 Å². The van der Waals surface area contributed by atoms with E-state index in [2.05, 4.69) is 6.58 Å². The molecule has 0 amide bonds. The summed E-state index contributed by atoms with van der Waals surface area (Å²) in [6.45, 7) is 7.66. The minimum Gasteiger partial charge on any atom is -0.242 e. The molecule has 0 aromatic heterocycles. The number of piperidine rings is 1. The van der Waals surface area contributed by atoms with Crippen LogP contribution in [-0.4, -0.2) is 23.5 Å². The zero-order valence-electron chi connectivity index (χ0n) is 8.26. The fourth-order valence-electron chi connectivity index (χ4n) is 1.84. The molecule has 1 rings (SSSR count). The second-order valence-corrected chi connectivity index (χ2v) is 3.94. The van der Waals surface area contributed by atoms with E-state index in [4.69, 9.17) is 0 Å². The minimum absolute atomic E-state index is 0.0231. The van der Waals surface area contributed by atoms with Crippen LogP contribution in [0.25, 0.3) is 0 Å². The van der Waals surface area contributed by atoms with Gasteiger partial charge in [0.15, 0.2) is 0 Å². The Morgan fingerprint density at radius 3 is 2.54 bits per heavy atom. The molecule has 1 saturated heterocycles. The van der Waals surface area contributed by atoms with Gasteiger partial charge in [-0.05, 0) is 26.2 Å². The number of hydrogen-bond acceptors (Lipinski definition) is 1. The van der Waals surface area contributed by atoms with Crippen molar-refractivity contribution in [3.8, 4) is 0 Å². The summed E-state index contributed by atoms with van der Waals surface area (Å²) in [6, 6.07) is -2.73. The summed E-state index contributed by atoms with van der Waals surface area (Å²) in [5.74, 6) is -0.0231. The monoisotopic (exact) mass is 189 g/mol. The van der Waals surface area contributed by atoms with E-state index in [1.807, 2.05) is 13.8 Å². The number of rotatable bonds is 2. The molecule has 0 spiro atoms. The second kappa shape index (κ2) is 3.74. The molecule has 0 bridgehead atoms. The van der Waals surface area contributed by atoms with Crippen LogP contribution < -0.4 is 0 Å². The van der Waals surface area contributed by atoms with Crippen LogP contribution in [0, 0.1) is 5.92 Å². The summed E-state index contributed by atoms with van der Waals surface area (Å²) in [4.78, 5) is 1.27. The van der Waals surface area contributed by atoms with Crippen molar-refractivity contribution >= 4 is 0 Å². The molecule has 0 saturated carbocycles. The predicted octanol–water partition coefficient (Wildman–Crippen LogP) is 2.89. The first-order valence-corrected chi connectivity index (χ1v) is 4.74. The van der Waals surface area contributed by atoms with Gasteiger partial charge in [0.25, 0.3) is 0 Å². The van der Waals surface area contributed by atoms with Gasteiger partial charge in [-0.15, -0.1) is 6.58 Å². The van der Waals surface area contributed by atoms with Gasteiger partial charge in [-0.2, -0.15) is 8.78 Å². The van der Waals surface area contributed by atoms with Gasteiger partial charge in [-0.25, -0.2) is 4.90 Å². The lowest BCUT2D eigenvalue weighted by atomic mass is 9.94. The highest BCUT2D eigenvalue weighted by atomic mass is 19.3. The third kappa shape index (κ3) is 2.27. The molecule has 13 heavy (non-hydrogen) atoms. The lowest BCUT2D eigenvalue weighted by molar-refractivity contribution is -0.188. The normalized spacial score (nSPS) is 29.2. The Morgan fingerprint density at radius 2 is 2.15 bits per heavy atom. The average Bonchev–Trinajstić information content (AvgIpc) is 2.01. The maximum absolute atomic E-state index is 13.4. The predicted molar refractivity (Wildman–Crippen MR) is 49.7 cm³/mol. The average molecular weight is 189 g/mol. The molecule has 0 N–H and O–H groups in total. The van der Waals surface area contributed by atoms with Crippen molar-refractivity contribution in [2.24, 2.45) is 5.92 Å². The van der Waals surface area contributed by atoms with Crippen molar-refractivity contribution in [3.05, 3.63) is 12.7 Å². The highest BCUT2D eigenvalue weighted by Crippen LogP contribution is 2.36. The van der Waals surface area contributed by atoms with Gasteiger partial charge >= 0.3 is 6.05 Å². The topological polar surface area (TPSA) is 3.24 Å². The third-order valence-corrected chi connectivity index (χ3v) is 2.63. The molecular formula is C10H17F2N. The maximum atomic E-state index is 13.4. The van der Waals surface area contributed by atoms with E-state index < -0.39 is 6.05 Å². The van der Waals surface area contributed by atoms with Crippen LogP contribution in [0.2, 0.25) is 0 Å². The van der Waals surface area contributed by atoms with E-state index in [9.17, 15) is 8.78 Å². The summed E-state index contributed by atoms with van der Waals surface area (Å²) in [7, 11) is 0. The van der Waals surface area contributed by atoms with E-state index in [0.717, 1.165) is 6.42 Å². The van der Waals surface area contributed by atoms with Crippen LogP contribution in [0.15, 0.2) is 12.7 Å². The first-order chi connectivity index (χ1) is 5.97. The van der Waals surface area contributed by atoms with E-state index in [0.29, 0.717) is 6.54 Å². The summed E-state index contributed by atoms with van der Waals surface area (Å²) >= 11 is 0. The van der Waals surface area contributed by atoms with Crippen molar-refractivity contribution in [2.45, 2.75) is 38.8 Å². The van der Waals surface area contributed by atoms with Crippen LogP contribution in [0.5, 0.6) is 0 Å². The molecule has 1 unspecified atom stereocenters. The molecule has 0 aromatic carbocycles. The quantitative estimate of drug-likeness (QED) is 0.477. The zero-order chi connectivity index (χ0) is 10.1. The largest absolute Gasteiger partial charge is 0.305 e. The maximum Gasteiger partial charge on any atom is 0.305 e. The van der Waals surface area contributed by atoms with Crippen LogP contribution >= 0.6 is 0 Å². The van der Waals surface area contributed by atoms with Gasteiger partial charge < -0.3 is 0 Å². The standard InChI is InChI=1S/C10H17F2N/c1-4-9-5-6-13(8(2)3)10(11,12)7-9/h4,8-9H,1,5-7H2,2-3H3. The van der Waals surface area contributed by atoms with Crippen molar-refractivity contribution in [2.75, 3.05) is 6.54 Å². The summed E-state index contributed by atoms with van der Waals surface area (Å²) in [5.41, 5.74) is 0. The first-order valence-electron chi connectivity index (χ1n) is 4.74. The fourth-order valence-corrected chi connectivity index (χ4v) is 1.84. The Labute approximate surface area is 78.4 Å². The Hall–Kier alpha value is -0.440. The Kier molecular flexibility index (Phi) is 3.06. The lowest BCUT2D eigenvalue weighted by Crippen LogP contribution is -2.50. The molecule has 0 radical (unpaired) electrons. The molecule has 1 aliphatic rings. The molecule has 3 heteroatoms. The highest BCUT2D eigenvalue weighted by Gasteiger charge is 2.43. The number of hydrogen-bond donors (Lipinski definition) is 0. The zero-order valence-corrected chi connectivity index (χ0v) is 8.26. The summed E-state index contributed by atoms with van der Waals surface area (Å²) < 4.78 is 26.9. The van der Waals surface area contributed by atoms with Crippen LogP contribution in [0.1, 0.15) is 26.7 Å². The molecule has 1 aliphatic heterocycles. The number of likely N-dealkylation sites (tertiary alicyclic amines) is 1. The molecule has 1 nitrogen and oxygen atoms in total. The lowest BCUT2D eigenvalue weighted by Gasteiger charge is -2.40. The fraction of sp³-hybridized carbons (Fsp3) is 0.800. The van der Waals surface area contributed by atoms with Crippen molar-refractivity contribution in [1.82, 2.24) is 4.90 Å². The van der Waals surface area contributed by atoms with Crippen LogP contribution in [-0.2, 0) is 0 Å². The highest BCUT2D eigenvalue weighted by molar-refractivity contribution is 4.90. The van der Waals surface area contributed by atoms with Crippen LogP contribution in [0.4, 0.5) is 8.78 Å². The number of alkyl halides is 2. The molecule has 76 valence electrons. The van der Waals surface area contributed by atoms with E-state index in [1.165, 1.54) is 4.90 Å². The van der Waals surface area contributed by atoms with Crippen molar-refractivity contribution < 1.29 is 8.78 Å². The van der Waals surface area contributed by atoms with Gasteiger partial charge in [0.2, 0.25) is 0 Å². The number of nitrogens with zero attached hydrogens (tertiary/aromatic N) is 1. The minimum atomic E-state index is -2.65. The SMILES string of the molecule is C=CC1CCN(C(C)C)C(F)(F)C1. The van der Waals surface area contributed by atoms with Crippen molar-refractivity contribution in [1.29, 1.82) is 0 Å². The molecule has 0 aromatic rings. The first kappa shape index (κ1) is 10.6. The molecular weight excluding hydrogens is 172 g/mol. The van der Waals surface area contributed by atoms with E-state index >= 15 is 0 Å². The summed E-state index contributed by atoms with van der Waals surface area (Å²) in [5, 5.41) is 0. The van der Waals surface area contributed by atoms with Gasteiger partial charge in [0.1, 0.15) is 0 Å². The summed E-state index contributed by atoms with van der Waals surface area (Å²) in [6.07, 6.45) is 2.37. The number of allylic oxidation sites excluding steroid dienone is 1. The Balaban J connectivity index is 2.67. The van der Waals surface area contributed by atoms with E-state index in [1.54, 1.807) is 6.08 Å². The van der Waals surface area contributed by atoms with Crippen LogP contribution in [0.3, 0.4) is 0 Å². The third-order valence-electron chi connectivity index (χ3n) is 2.63. The van der Waals surface area contributed by atoms with Gasteiger partial charge in [-0.1, -0.05) is 6.08 Å². The Morgan fingerprint density at radius 1 is 1.54 bits per heavy atom. The smallest absolute Gasteiger partial charge is 0.242 e. The Bertz CT molecular complexity index is 189. The molecule has 1 fully saturated rings. The van der Waals surface area contributed by atoms with Gasteiger partial charge in [-0.3, -0.25) is 0 Å². The number of halogens is 2. The van der Waals surface area contributed by atoms with Crippen molar-refractivity contribution in [3.63, 3.8) is 0 Å². The second-order valence-electron chi connectivity index (χ2n) is 3.94. The molecule has 1 heterocycles.